The molecule has 0 aromatic heterocycles. The van der Waals surface area contributed by atoms with E-state index in [1.165, 1.54) is 0 Å². The van der Waals surface area contributed by atoms with Crippen LogP contribution in [0, 0.1) is 0 Å². The third-order valence-electron chi connectivity index (χ3n) is 3.15. The minimum absolute atomic E-state index is 0.101. The molecule has 20 heavy (non-hydrogen) atoms. The summed E-state index contributed by atoms with van der Waals surface area (Å²) in [6, 6.07) is 14.7. The van der Waals surface area contributed by atoms with Gasteiger partial charge >= 0.3 is 0 Å². The van der Waals surface area contributed by atoms with Crippen molar-refractivity contribution in [2.45, 2.75) is 19.5 Å². The monoisotopic (exact) mass is 288 g/mol. The molecule has 0 saturated heterocycles. The lowest BCUT2D eigenvalue weighted by atomic mass is 10.1. The molecule has 0 aliphatic carbocycles. The van der Waals surface area contributed by atoms with Crippen molar-refractivity contribution >= 4 is 17.5 Å². The highest BCUT2D eigenvalue weighted by molar-refractivity contribution is 6.30. The highest BCUT2D eigenvalue weighted by atomic mass is 35.5. The van der Waals surface area contributed by atoms with Gasteiger partial charge in [-0.1, -0.05) is 35.9 Å². The molecule has 104 valence electrons. The first-order valence-electron chi connectivity index (χ1n) is 6.45. The van der Waals surface area contributed by atoms with Crippen LogP contribution in [0.1, 0.15) is 34.5 Å². The predicted molar refractivity (Wildman–Crippen MR) is 81.7 cm³/mol. The number of hydrogen-bond donors (Lipinski definition) is 2. The molecule has 0 bridgehead atoms. The first-order valence-corrected chi connectivity index (χ1v) is 6.83. The number of benzene rings is 2. The van der Waals surface area contributed by atoms with Crippen LogP contribution >= 0.6 is 11.6 Å². The molecule has 0 radical (unpaired) electrons. The lowest BCUT2D eigenvalue weighted by Crippen LogP contribution is -2.26. The Morgan fingerprint density at radius 3 is 2.55 bits per heavy atom. The number of hydrogen-bond acceptors (Lipinski definition) is 2. The minimum Gasteiger partial charge on any atom is -0.346 e. The first-order chi connectivity index (χ1) is 9.60. The lowest BCUT2D eigenvalue weighted by Gasteiger charge is -2.14. The van der Waals surface area contributed by atoms with Crippen LogP contribution in [0.3, 0.4) is 0 Å². The van der Waals surface area contributed by atoms with E-state index in [1.807, 2.05) is 43.3 Å². The summed E-state index contributed by atoms with van der Waals surface area (Å²) in [6.45, 7) is 2.40. The number of nitrogens with one attached hydrogen (secondary N) is 1. The maximum Gasteiger partial charge on any atom is 0.251 e. The van der Waals surface area contributed by atoms with Crippen LogP contribution in [0.2, 0.25) is 5.02 Å². The van der Waals surface area contributed by atoms with Crippen LogP contribution in [0.25, 0.3) is 0 Å². The normalized spacial score (nSPS) is 11.9. The molecule has 3 nitrogen and oxygen atoms in total. The van der Waals surface area contributed by atoms with Crippen LogP contribution in [-0.2, 0) is 6.54 Å². The van der Waals surface area contributed by atoms with Gasteiger partial charge in [0.25, 0.3) is 5.91 Å². The fraction of sp³-hybridized carbons (Fsp3) is 0.188. The number of rotatable bonds is 4. The number of carbonyl (C=O) groups is 1. The zero-order valence-corrected chi connectivity index (χ0v) is 12.0. The van der Waals surface area contributed by atoms with Crippen LogP contribution in [-0.4, -0.2) is 5.91 Å². The summed E-state index contributed by atoms with van der Waals surface area (Å²) in [7, 11) is 0. The number of carbonyl (C=O) groups excluding carboxylic acids is 1. The highest BCUT2D eigenvalue weighted by Gasteiger charge is 2.11. The molecule has 2 rings (SSSR count). The second kappa shape index (κ2) is 6.55. The molecule has 3 N–H and O–H groups in total. The van der Waals surface area contributed by atoms with Gasteiger partial charge in [-0.3, -0.25) is 4.79 Å². The van der Waals surface area contributed by atoms with E-state index in [0.29, 0.717) is 17.1 Å². The summed E-state index contributed by atoms with van der Waals surface area (Å²) in [5, 5.41) is 3.61. The van der Waals surface area contributed by atoms with E-state index in [2.05, 4.69) is 5.32 Å². The Morgan fingerprint density at radius 1 is 1.25 bits per heavy atom. The molecule has 0 spiro atoms. The van der Waals surface area contributed by atoms with Crippen molar-refractivity contribution in [3.05, 3.63) is 70.2 Å². The van der Waals surface area contributed by atoms with E-state index >= 15 is 0 Å². The van der Waals surface area contributed by atoms with Gasteiger partial charge in [0.2, 0.25) is 0 Å². The Kier molecular flexibility index (Phi) is 4.77. The van der Waals surface area contributed by atoms with Gasteiger partial charge in [-0.25, -0.2) is 0 Å². The minimum atomic E-state index is -0.110. The molecular weight excluding hydrogens is 272 g/mol. The van der Waals surface area contributed by atoms with Crippen molar-refractivity contribution in [1.29, 1.82) is 0 Å². The molecule has 2 aromatic carbocycles. The fourth-order valence-corrected chi connectivity index (χ4v) is 2.13. The third-order valence-corrected chi connectivity index (χ3v) is 3.38. The quantitative estimate of drug-likeness (QED) is 0.907. The zero-order chi connectivity index (χ0) is 14.5. The van der Waals surface area contributed by atoms with E-state index in [4.69, 9.17) is 17.3 Å². The fourth-order valence-electron chi connectivity index (χ4n) is 1.93. The van der Waals surface area contributed by atoms with Gasteiger partial charge < -0.3 is 11.1 Å². The number of nitrogens with two attached hydrogens (primary N) is 1. The molecule has 1 amide bonds. The largest absolute Gasteiger partial charge is 0.346 e. The Hall–Kier alpha value is -1.84. The van der Waals surface area contributed by atoms with Crippen molar-refractivity contribution in [2.24, 2.45) is 5.73 Å². The number of halogens is 1. The van der Waals surface area contributed by atoms with Crippen molar-refractivity contribution in [1.82, 2.24) is 5.32 Å². The average Bonchev–Trinajstić information content (AvgIpc) is 2.47. The van der Waals surface area contributed by atoms with Crippen molar-refractivity contribution in [3.63, 3.8) is 0 Å². The summed E-state index contributed by atoms with van der Waals surface area (Å²) in [6.07, 6.45) is 0. The van der Waals surface area contributed by atoms with Gasteiger partial charge in [0, 0.05) is 17.1 Å². The van der Waals surface area contributed by atoms with E-state index in [9.17, 15) is 4.79 Å². The lowest BCUT2D eigenvalue weighted by molar-refractivity contribution is 0.0940. The molecule has 0 fully saturated rings. The van der Waals surface area contributed by atoms with Crippen LogP contribution < -0.4 is 11.1 Å². The van der Waals surface area contributed by atoms with Crippen molar-refractivity contribution < 1.29 is 4.79 Å². The Morgan fingerprint density at radius 2 is 1.95 bits per heavy atom. The Balaban J connectivity index is 2.06. The summed E-state index contributed by atoms with van der Waals surface area (Å²) >= 11 is 5.95. The van der Waals surface area contributed by atoms with E-state index in [-0.39, 0.29) is 11.9 Å². The molecule has 1 atom stereocenters. The van der Waals surface area contributed by atoms with Crippen LogP contribution in [0.4, 0.5) is 0 Å². The van der Waals surface area contributed by atoms with Gasteiger partial charge in [0.15, 0.2) is 0 Å². The maximum atomic E-state index is 12.1. The molecule has 4 heteroatoms. The van der Waals surface area contributed by atoms with Gasteiger partial charge in [-0.05, 0) is 42.3 Å². The molecule has 0 heterocycles. The zero-order valence-electron chi connectivity index (χ0n) is 11.3. The van der Waals surface area contributed by atoms with Gasteiger partial charge in [0.05, 0.1) is 6.04 Å². The van der Waals surface area contributed by atoms with E-state index in [0.717, 1.165) is 11.1 Å². The molecule has 2 aromatic rings. The summed E-state index contributed by atoms with van der Waals surface area (Å²) in [4.78, 5) is 12.1. The summed E-state index contributed by atoms with van der Waals surface area (Å²) in [5.74, 6) is -0.110. The molecule has 0 aliphatic heterocycles. The van der Waals surface area contributed by atoms with Crippen LogP contribution in [0.15, 0.2) is 48.5 Å². The predicted octanol–water partition coefficient (Wildman–Crippen LogP) is 3.29. The van der Waals surface area contributed by atoms with Crippen molar-refractivity contribution in [3.8, 4) is 0 Å². The van der Waals surface area contributed by atoms with Gasteiger partial charge in [0.1, 0.15) is 0 Å². The summed E-state index contributed by atoms with van der Waals surface area (Å²) in [5.41, 5.74) is 8.14. The van der Waals surface area contributed by atoms with Gasteiger partial charge in [-0.2, -0.15) is 0 Å². The smallest absolute Gasteiger partial charge is 0.251 e. The highest BCUT2D eigenvalue weighted by Crippen LogP contribution is 2.17. The molecule has 0 saturated carbocycles. The van der Waals surface area contributed by atoms with E-state index < -0.39 is 0 Å². The third kappa shape index (κ3) is 3.59. The second-order valence-electron chi connectivity index (χ2n) is 4.65. The Labute approximate surface area is 123 Å². The first kappa shape index (κ1) is 14.6. The molecule has 1 unspecified atom stereocenters. The SMILES string of the molecule is CC(NC(=O)c1ccc(CN)cc1)c1cccc(Cl)c1. The van der Waals surface area contributed by atoms with Crippen LogP contribution in [0.5, 0.6) is 0 Å². The second-order valence-corrected chi connectivity index (χ2v) is 5.09. The molecule has 0 aliphatic rings. The van der Waals surface area contributed by atoms with Gasteiger partial charge in [-0.15, -0.1) is 0 Å². The number of amides is 1. The topological polar surface area (TPSA) is 55.1 Å². The van der Waals surface area contributed by atoms with Crippen molar-refractivity contribution in [2.75, 3.05) is 0 Å². The molecular formula is C16H17ClN2O. The summed E-state index contributed by atoms with van der Waals surface area (Å²) < 4.78 is 0. The van der Waals surface area contributed by atoms with E-state index in [1.54, 1.807) is 12.1 Å². The standard InChI is InChI=1S/C16H17ClN2O/c1-11(14-3-2-4-15(17)9-14)19-16(20)13-7-5-12(10-18)6-8-13/h2-9,11H,10,18H2,1H3,(H,19,20). The average molecular weight is 289 g/mol. The maximum absolute atomic E-state index is 12.1. The Bertz CT molecular complexity index is 596.